The van der Waals surface area contributed by atoms with Crippen molar-refractivity contribution < 1.29 is 9.13 Å². The molecule has 0 atom stereocenters. The highest BCUT2D eigenvalue weighted by atomic mass is 35.5. The lowest BCUT2D eigenvalue weighted by molar-refractivity contribution is 0.416. The molecule has 3 nitrogen and oxygen atoms in total. The molecule has 24 heavy (non-hydrogen) atoms. The Morgan fingerprint density at radius 3 is 2.42 bits per heavy atom. The average Bonchev–Trinajstić information content (AvgIpc) is 2.50. The van der Waals surface area contributed by atoms with Crippen molar-refractivity contribution in [2.75, 3.05) is 17.7 Å². The van der Waals surface area contributed by atoms with E-state index in [9.17, 15) is 4.39 Å². The summed E-state index contributed by atoms with van der Waals surface area (Å²) in [7, 11) is 1.60. The number of hydrogen-bond donors (Lipinski definition) is 2. The third-order valence-electron chi connectivity index (χ3n) is 3.49. The van der Waals surface area contributed by atoms with Crippen LogP contribution >= 0.6 is 23.8 Å². The van der Waals surface area contributed by atoms with Gasteiger partial charge in [0.05, 0.1) is 17.8 Å². The van der Waals surface area contributed by atoms with Gasteiger partial charge < -0.3 is 15.4 Å². The Kier molecular flexibility index (Phi) is 5.67. The number of methoxy groups -OCH3 is 1. The molecule has 0 unspecified atom stereocenters. The highest BCUT2D eigenvalue weighted by molar-refractivity contribution is 7.80. The number of thiocarbonyl (C=S) groups is 1. The van der Waals surface area contributed by atoms with Crippen LogP contribution in [0.1, 0.15) is 26.3 Å². The van der Waals surface area contributed by atoms with Crippen LogP contribution in [0.25, 0.3) is 0 Å². The van der Waals surface area contributed by atoms with Crippen molar-refractivity contribution in [3.8, 4) is 5.75 Å². The van der Waals surface area contributed by atoms with Gasteiger partial charge in [0, 0.05) is 5.69 Å². The number of halogens is 2. The predicted octanol–water partition coefficient (Wildman–Crippen LogP) is 5.59. The largest absolute Gasteiger partial charge is 0.495 e. The van der Waals surface area contributed by atoms with Crippen LogP contribution in [0, 0.1) is 5.82 Å². The van der Waals surface area contributed by atoms with Crippen LogP contribution in [0.4, 0.5) is 15.8 Å². The predicted molar refractivity (Wildman–Crippen MR) is 103 cm³/mol. The Bertz CT molecular complexity index is 759. The molecule has 2 aromatic carbocycles. The van der Waals surface area contributed by atoms with E-state index in [4.69, 9.17) is 28.6 Å². The zero-order chi connectivity index (χ0) is 17.9. The van der Waals surface area contributed by atoms with E-state index in [1.54, 1.807) is 13.2 Å². The van der Waals surface area contributed by atoms with Crippen LogP contribution in [0.15, 0.2) is 36.4 Å². The smallest absolute Gasteiger partial charge is 0.175 e. The fourth-order valence-electron chi connectivity index (χ4n) is 2.13. The Hall–Kier alpha value is -1.85. The second-order valence-electron chi connectivity index (χ2n) is 6.37. The third kappa shape index (κ3) is 4.58. The van der Waals surface area contributed by atoms with Crippen molar-refractivity contribution in [2.24, 2.45) is 0 Å². The van der Waals surface area contributed by atoms with Crippen LogP contribution in [-0.4, -0.2) is 12.2 Å². The molecule has 0 spiro atoms. The monoisotopic (exact) mass is 366 g/mol. The van der Waals surface area contributed by atoms with Crippen molar-refractivity contribution in [1.29, 1.82) is 0 Å². The van der Waals surface area contributed by atoms with Gasteiger partial charge in [0.25, 0.3) is 0 Å². The minimum Gasteiger partial charge on any atom is -0.495 e. The van der Waals surface area contributed by atoms with Gasteiger partial charge in [-0.3, -0.25) is 0 Å². The summed E-state index contributed by atoms with van der Waals surface area (Å²) in [6, 6.07) is 10.3. The highest BCUT2D eigenvalue weighted by Gasteiger charge is 2.16. The molecular weight excluding hydrogens is 347 g/mol. The van der Waals surface area contributed by atoms with Gasteiger partial charge in [-0.05, 0) is 53.5 Å². The molecule has 0 aliphatic rings. The number of rotatable bonds is 3. The Labute approximate surface area is 152 Å². The molecule has 2 aromatic rings. The first-order valence-electron chi connectivity index (χ1n) is 7.42. The van der Waals surface area contributed by atoms with Gasteiger partial charge in [-0.15, -0.1) is 0 Å². The lowest BCUT2D eigenvalue weighted by Crippen LogP contribution is -2.20. The normalized spacial score (nSPS) is 11.1. The van der Waals surface area contributed by atoms with Crippen LogP contribution in [-0.2, 0) is 5.41 Å². The van der Waals surface area contributed by atoms with E-state index in [0.29, 0.717) is 16.5 Å². The fraction of sp³-hybridized carbons (Fsp3) is 0.278. The van der Waals surface area contributed by atoms with E-state index in [1.165, 1.54) is 12.1 Å². The maximum Gasteiger partial charge on any atom is 0.175 e. The Morgan fingerprint density at radius 1 is 1.12 bits per heavy atom. The summed E-state index contributed by atoms with van der Waals surface area (Å²) in [6.45, 7) is 6.39. The summed E-state index contributed by atoms with van der Waals surface area (Å²) in [5.74, 6) is 0.172. The van der Waals surface area contributed by atoms with Crippen LogP contribution < -0.4 is 15.4 Å². The van der Waals surface area contributed by atoms with Gasteiger partial charge in [0.15, 0.2) is 5.11 Å². The van der Waals surface area contributed by atoms with E-state index in [2.05, 4.69) is 31.4 Å². The number of anilines is 2. The molecule has 0 saturated carbocycles. The number of nitrogens with one attached hydrogen (secondary N) is 2. The minimum atomic E-state index is -0.503. The molecule has 2 rings (SSSR count). The maximum absolute atomic E-state index is 13.5. The Morgan fingerprint density at radius 2 is 1.83 bits per heavy atom. The highest BCUT2D eigenvalue weighted by Crippen LogP contribution is 2.31. The zero-order valence-electron chi connectivity index (χ0n) is 14.0. The summed E-state index contributed by atoms with van der Waals surface area (Å²) < 4.78 is 18.9. The molecule has 0 aromatic heterocycles. The van der Waals surface area contributed by atoms with Gasteiger partial charge in [0.2, 0.25) is 0 Å². The maximum atomic E-state index is 13.5. The van der Waals surface area contributed by atoms with E-state index in [1.807, 2.05) is 18.2 Å². The second kappa shape index (κ2) is 7.36. The Balaban J connectivity index is 2.19. The summed E-state index contributed by atoms with van der Waals surface area (Å²) in [5.41, 5.74) is 2.40. The SMILES string of the molecule is COc1ccc(C(C)(C)C)cc1NC(=S)Nc1ccc(Cl)c(F)c1. The van der Waals surface area contributed by atoms with E-state index >= 15 is 0 Å². The molecule has 2 N–H and O–H groups in total. The summed E-state index contributed by atoms with van der Waals surface area (Å²) >= 11 is 11.0. The lowest BCUT2D eigenvalue weighted by Gasteiger charge is -2.22. The van der Waals surface area contributed by atoms with Crippen molar-refractivity contribution in [3.05, 3.63) is 52.8 Å². The molecular formula is C18H20ClFN2OS. The first kappa shape index (κ1) is 18.5. The number of ether oxygens (including phenoxy) is 1. The van der Waals surface area contributed by atoms with Crippen molar-refractivity contribution in [1.82, 2.24) is 0 Å². The number of hydrogen-bond acceptors (Lipinski definition) is 2. The first-order valence-corrected chi connectivity index (χ1v) is 8.21. The standard InChI is InChI=1S/C18H20ClFN2OS/c1-18(2,3)11-5-8-16(23-4)15(9-11)22-17(24)21-12-6-7-13(19)14(20)10-12/h5-10H,1-4H3,(H2,21,22,24). The summed E-state index contributed by atoms with van der Waals surface area (Å²) in [6.07, 6.45) is 0. The third-order valence-corrected chi connectivity index (χ3v) is 4.00. The van der Waals surface area contributed by atoms with Gasteiger partial charge >= 0.3 is 0 Å². The minimum absolute atomic E-state index is 0.00292. The van der Waals surface area contributed by atoms with Gasteiger partial charge in [-0.25, -0.2) is 4.39 Å². The van der Waals surface area contributed by atoms with Crippen molar-refractivity contribution in [3.63, 3.8) is 0 Å². The molecule has 0 fully saturated rings. The van der Waals surface area contributed by atoms with Crippen LogP contribution in [0.2, 0.25) is 5.02 Å². The molecule has 0 aliphatic carbocycles. The first-order chi connectivity index (χ1) is 11.2. The van der Waals surface area contributed by atoms with Crippen molar-refractivity contribution >= 4 is 40.3 Å². The van der Waals surface area contributed by atoms with Gasteiger partial charge in [-0.1, -0.05) is 38.4 Å². The summed E-state index contributed by atoms with van der Waals surface area (Å²) in [4.78, 5) is 0. The summed E-state index contributed by atoms with van der Waals surface area (Å²) in [5, 5.41) is 6.43. The lowest BCUT2D eigenvalue weighted by atomic mass is 9.87. The van der Waals surface area contributed by atoms with E-state index < -0.39 is 5.82 Å². The molecule has 0 aliphatic heterocycles. The fourth-order valence-corrected chi connectivity index (χ4v) is 2.48. The molecule has 0 amide bonds. The van der Waals surface area contributed by atoms with E-state index in [-0.39, 0.29) is 10.4 Å². The van der Waals surface area contributed by atoms with Crippen LogP contribution in [0.5, 0.6) is 5.75 Å². The number of benzene rings is 2. The molecule has 0 heterocycles. The van der Waals surface area contributed by atoms with Gasteiger partial charge in [0.1, 0.15) is 11.6 Å². The quantitative estimate of drug-likeness (QED) is 0.693. The molecule has 128 valence electrons. The zero-order valence-corrected chi connectivity index (χ0v) is 15.6. The molecule has 6 heteroatoms. The van der Waals surface area contributed by atoms with E-state index in [0.717, 1.165) is 11.3 Å². The molecule has 0 bridgehead atoms. The van der Waals surface area contributed by atoms with Gasteiger partial charge in [-0.2, -0.15) is 0 Å². The van der Waals surface area contributed by atoms with Crippen molar-refractivity contribution in [2.45, 2.75) is 26.2 Å². The topological polar surface area (TPSA) is 33.3 Å². The average molecular weight is 367 g/mol. The molecule has 0 saturated heterocycles. The second-order valence-corrected chi connectivity index (χ2v) is 7.19. The molecule has 0 radical (unpaired) electrons. The van der Waals surface area contributed by atoms with Crippen LogP contribution in [0.3, 0.4) is 0 Å².